The number of rotatable bonds is 6. The van der Waals surface area contributed by atoms with Crippen molar-refractivity contribution in [1.82, 2.24) is 10.2 Å². The average Bonchev–Trinajstić information content (AvgIpc) is 2.91. The van der Waals surface area contributed by atoms with Crippen LogP contribution in [0, 0.1) is 0 Å². The Labute approximate surface area is 160 Å². The fourth-order valence-electron chi connectivity index (χ4n) is 4.79. The molecule has 0 spiro atoms. The van der Waals surface area contributed by atoms with Crippen molar-refractivity contribution in [3.63, 3.8) is 0 Å². The first-order valence-corrected chi connectivity index (χ1v) is 9.32. The van der Waals surface area contributed by atoms with Crippen LogP contribution in [0.15, 0.2) is 86.1 Å². The predicted octanol–water partition coefficient (Wildman–Crippen LogP) is 5.03. The van der Waals surface area contributed by atoms with Gasteiger partial charge >= 0.3 is 6.03 Å². The van der Waals surface area contributed by atoms with Crippen LogP contribution in [0.2, 0.25) is 0 Å². The molecule has 1 unspecified atom stereocenters. The molecule has 2 heterocycles. The van der Waals surface area contributed by atoms with Gasteiger partial charge in [-0.1, -0.05) is 66.7 Å². The minimum absolute atomic E-state index is 0.0691. The molecule has 0 saturated carbocycles. The molecule has 3 heteroatoms. The Bertz CT molecular complexity index is 905. The summed E-state index contributed by atoms with van der Waals surface area (Å²) in [5, 5.41) is 3.31. The molecule has 27 heavy (non-hydrogen) atoms. The first-order chi connectivity index (χ1) is 13.2. The lowest BCUT2D eigenvalue weighted by Gasteiger charge is -2.49. The van der Waals surface area contributed by atoms with Gasteiger partial charge in [0, 0.05) is 12.6 Å². The highest BCUT2D eigenvalue weighted by atomic mass is 16.2. The molecule has 4 rings (SSSR count). The Morgan fingerprint density at radius 1 is 0.963 bits per heavy atom. The largest absolute Gasteiger partial charge is 0.329 e. The van der Waals surface area contributed by atoms with Crippen molar-refractivity contribution in [2.24, 2.45) is 0 Å². The van der Waals surface area contributed by atoms with E-state index < -0.39 is 11.1 Å². The Kier molecular flexibility index (Phi) is 4.23. The maximum Gasteiger partial charge on any atom is 0.322 e. The van der Waals surface area contributed by atoms with Crippen molar-refractivity contribution in [2.45, 2.75) is 30.3 Å². The van der Waals surface area contributed by atoms with E-state index in [2.05, 4.69) is 48.8 Å². The van der Waals surface area contributed by atoms with Gasteiger partial charge in [0.2, 0.25) is 0 Å². The van der Waals surface area contributed by atoms with Crippen molar-refractivity contribution >= 4 is 12.1 Å². The van der Waals surface area contributed by atoms with E-state index in [0.29, 0.717) is 12.8 Å². The lowest BCUT2D eigenvalue weighted by Crippen LogP contribution is -2.59. The molecule has 2 amide bonds. The summed E-state index contributed by atoms with van der Waals surface area (Å²) < 4.78 is 0. The summed E-state index contributed by atoms with van der Waals surface area (Å²) in [7, 11) is 0. The minimum Gasteiger partial charge on any atom is -0.329 e. The number of carbonyl (C=O) groups is 1. The molecule has 2 aliphatic heterocycles. The lowest BCUT2D eigenvalue weighted by molar-refractivity contribution is 0.119. The van der Waals surface area contributed by atoms with Gasteiger partial charge in [-0.25, -0.2) is 4.79 Å². The summed E-state index contributed by atoms with van der Waals surface area (Å²) >= 11 is 0. The van der Waals surface area contributed by atoms with E-state index in [0.717, 1.165) is 12.0 Å². The summed E-state index contributed by atoms with van der Waals surface area (Å²) in [6.07, 6.45) is 9.80. The van der Waals surface area contributed by atoms with Crippen molar-refractivity contribution in [3.05, 3.63) is 103 Å². The number of nitrogens with zero attached hydrogens (tertiary/aromatic N) is 1. The zero-order chi connectivity index (χ0) is 18.9. The van der Waals surface area contributed by atoms with Gasteiger partial charge in [0.25, 0.3) is 0 Å². The van der Waals surface area contributed by atoms with E-state index in [4.69, 9.17) is 0 Å². The predicted molar refractivity (Wildman–Crippen MR) is 110 cm³/mol. The Balaban J connectivity index is 2.01. The van der Waals surface area contributed by atoms with Gasteiger partial charge in [-0.3, -0.25) is 4.90 Å². The van der Waals surface area contributed by atoms with Crippen LogP contribution >= 0.6 is 0 Å². The topological polar surface area (TPSA) is 32.3 Å². The van der Waals surface area contributed by atoms with Crippen molar-refractivity contribution in [1.29, 1.82) is 0 Å². The van der Waals surface area contributed by atoms with Crippen LogP contribution < -0.4 is 5.32 Å². The number of carbonyl (C=O) groups excluding carboxylic acids is 1. The molecule has 1 fully saturated rings. The SMILES string of the molecule is C=CCC1(CC=C)NC(=O)N2C=Cc3ccccc3C21Cc1ccccc1. The fourth-order valence-corrected chi connectivity index (χ4v) is 4.79. The maximum atomic E-state index is 13.1. The summed E-state index contributed by atoms with van der Waals surface area (Å²) in [6.45, 7) is 7.97. The molecule has 3 nitrogen and oxygen atoms in total. The second-order valence-corrected chi connectivity index (χ2v) is 7.29. The summed E-state index contributed by atoms with van der Waals surface area (Å²) in [5.74, 6) is 0. The van der Waals surface area contributed by atoms with E-state index in [1.165, 1.54) is 11.1 Å². The first kappa shape index (κ1) is 17.3. The van der Waals surface area contributed by atoms with Gasteiger partial charge in [0.05, 0.1) is 5.54 Å². The normalized spacial score (nSPS) is 21.9. The fraction of sp³-hybridized carbons (Fsp3) is 0.208. The number of benzene rings is 2. The molecular formula is C24H24N2O. The van der Waals surface area contributed by atoms with Crippen LogP contribution in [0.3, 0.4) is 0 Å². The number of hydrogen-bond acceptors (Lipinski definition) is 1. The Morgan fingerprint density at radius 2 is 1.63 bits per heavy atom. The highest BCUT2D eigenvalue weighted by molar-refractivity contribution is 5.85. The van der Waals surface area contributed by atoms with Crippen LogP contribution in [0.25, 0.3) is 6.08 Å². The minimum atomic E-state index is -0.542. The molecule has 1 N–H and O–H groups in total. The lowest BCUT2D eigenvalue weighted by atomic mass is 9.64. The third-order valence-corrected chi connectivity index (χ3v) is 5.87. The van der Waals surface area contributed by atoms with Gasteiger partial charge in [0.1, 0.15) is 5.54 Å². The molecule has 0 aromatic heterocycles. The standard InChI is InChI=1S/C24H24N2O/c1-3-15-23(16-4-2)24(18-19-10-6-5-7-11-19)21-13-9-8-12-20(21)14-17-26(24)22(27)25-23/h3-14,17H,1-2,15-16,18H2,(H,25,27). The second kappa shape index (κ2) is 6.58. The van der Waals surface area contributed by atoms with Crippen molar-refractivity contribution < 1.29 is 4.79 Å². The van der Waals surface area contributed by atoms with Gasteiger partial charge in [0.15, 0.2) is 0 Å². The van der Waals surface area contributed by atoms with E-state index in [1.54, 1.807) is 0 Å². The number of urea groups is 1. The molecular weight excluding hydrogens is 332 g/mol. The molecule has 136 valence electrons. The molecule has 2 aliphatic rings. The second-order valence-electron chi connectivity index (χ2n) is 7.29. The van der Waals surface area contributed by atoms with E-state index in [-0.39, 0.29) is 6.03 Å². The number of amides is 2. The van der Waals surface area contributed by atoms with E-state index >= 15 is 0 Å². The molecule has 2 aromatic rings. The molecule has 0 aliphatic carbocycles. The molecule has 2 aromatic carbocycles. The van der Waals surface area contributed by atoms with Crippen LogP contribution in [-0.4, -0.2) is 16.5 Å². The van der Waals surface area contributed by atoms with Gasteiger partial charge in [-0.05, 0) is 35.6 Å². The van der Waals surface area contributed by atoms with Gasteiger partial charge in [-0.15, -0.1) is 13.2 Å². The van der Waals surface area contributed by atoms with Crippen LogP contribution in [0.5, 0.6) is 0 Å². The van der Waals surface area contributed by atoms with Crippen molar-refractivity contribution in [2.75, 3.05) is 0 Å². The van der Waals surface area contributed by atoms with E-state index in [1.807, 2.05) is 53.6 Å². The van der Waals surface area contributed by atoms with Crippen molar-refractivity contribution in [3.8, 4) is 0 Å². The van der Waals surface area contributed by atoms with Gasteiger partial charge in [-0.2, -0.15) is 0 Å². The van der Waals surface area contributed by atoms with Gasteiger partial charge < -0.3 is 5.32 Å². The highest BCUT2D eigenvalue weighted by Crippen LogP contribution is 2.52. The zero-order valence-corrected chi connectivity index (χ0v) is 15.4. The molecule has 0 radical (unpaired) electrons. The maximum absolute atomic E-state index is 13.1. The van der Waals surface area contributed by atoms with Crippen LogP contribution in [0.4, 0.5) is 4.79 Å². The molecule has 1 atom stereocenters. The van der Waals surface area contributed by atoms with E-state index in [9.17, 15) is 4.79 Å². The number of nitrogens with one attached hydrogen (secondary N) is 1. The first-order valence-electron chi connectivity index (χ1n) is 9.32. The Hall–Kier alpha value is -3.07. The number of hydrogen-bond donors (Lipinski definition) is 1. The highest BCUT2D eigenvalue weighted by Gasteiger charge is 2.63. The smallest absolute Gasteiger partial charge is 0.322 e. The van der Waals surface area contributed by atoms with Crippen LogP contribution in [0.1, 0.15) is 29.5 Å². The summed E-state index contributed by atoms with van der Waals surface area (Å²) in [5.41, 5.74) is 2.46. The molecule has 1 saturated heterocycles. The zero-order valence-electron chi connectivity index (χ0n) is 15.4. The quantitative estimate of drug-likeness (QED) is 0.724. The third kappa shape index (κ3) is 2.46. The monoisotopic (exact) mass is 356 g/mol. The third-order valence-electron chi connectivity index (χ3n) is 5.87. The summed E-state index contributed by atoms with van der Waals surface area (Å²) in [4.78, 5) is 15.0. The number of fused-ring (bicyclic) bond motifs is 3. The van der Waals surface area contributed by atoms with Crippen LogP contribution in [-0.2, 0) is 12.0 Å². The summed E-state index contributed by atoms with van der Waals surface area (Å²) in [6, 6.07) is 18.7. The molecule has 0 bridgehead atoms. The average molecular weight is 356 g/mol. The Morgan fingerprint density at radius 3 is 2.33 bits per heavy atom.